The van der Waals surface area contributed by atoms with E-state index in [1.807, 2.05) is 0 Å². The van der Waals surface area contributed by atoms with Gasteiger partial charge < -0.3 is 10.4 Å². The van der Waals surface area contributed by atoms with Crippen LogP contribution in [0.3, 0.4) is 0 Å². The Morgan fingerprint density at radius 2 is 2.00 bits per heavy atom. The van der Waals surface area contributed by atoms with Crippen LogP contribution in [0.5, 0.6) is 0 Å². The van der Waals surface area contributed by atoms with E-state index in [1.165, 1.54) is 0 Å². The normalized spacial score (nSPS) is 11.6. The molecule has 0 amide bonds. The summed E-state index contributed by atoms with van der Waals surface area (Å²) in [6.07, 6.45) is -4.46. The quantitative estimate of drug-likeness (QED) is 0.818. The molecule has 0 heterocycles. The average Bonchev–Trinajstić information content (AvgIpc) is 2.22. The number of nitrogens with one attached hydrogen (secondary N) is 1. The summed E-state index contributed by atoms with van der Waals surface area (Å²) in [6, 6.07) is 3.60. The second-order valence-corrected chi connectivity index (χ2v) is 4.58. The molecule has 1 aromatic carbocycles. The van der Waals surface area contributed by atoms with Gasteiger partial charge in [-0.3, -0.25) is 4.79 Å². The van der Waals surface area contributed by atoms with Crippen LogP contribution in [0.2, 0.25) is 0 Å². The molecule has 0 saturated heterocycles. The molecule has 0 saturated carbocycles. The van der Waals surface area contributed by atoms with Crippen molar-refractivity contribution in [1.82, 2.24) is 5.32 Å². The molecule has 1 rings (SSSR count). The largest absolute Gasteiger partial charge is 0.481 e. The number of halogens is 4. The summed E-state index contributed by atoms with van der Waals surface area (Å²) in [5.41, 5.74) is -0.283. The van der Waals surface area contributed by atoms with Crippen LogP contribution < -0.4 is 5.32 Å². The predicted octanol–water partition coefficient (Wildman–Crippen LogP) is 3.03. The van der Waals surface area contributed by atoms with Crippen molar-refractivity contribution in [2.75, 3.05) is 6.54 Å². The van der Waals surface area contributed by atoms with Gasteiger partial charge in [-0.15, -0.1) is 0 Å². The number of alkyl halides is 3. The number of aliphatic carboxylic acids is 1. The van der Waals surface area contributed by atoms with E-state index < -0.39 is 17.7 Å². The number of carboxylic acids is 1. The van der Waals surface area contributed by atoms with Gasteiger partial charge >= 0.3 is 12.1 Å². The van der Waals surface area contributed by atoms with Crippen molar-refractivity contribution in [3.63, 3.8) is 0 Å². The molecule has 0 radical (unpaired) electrons. The summed E-state index contributed by atoms with van der Waals surface area (Å²) in [7, 11) is 0. The lowest BCUT2D eigenvalue weighted by molar-refractivity contribution is -0.138. The van der Waals surface area contributed by atoms with Crippen molar-refractivity contribution in [3.05, 3.63) is 33.8 Å². The molecule has 100 valence electrons. The van der Waals surface area contributed by atoms with E-state index in [9.17, 15) is 18.0 Å². The Labute approximate surface area is 110 Å². The Hall–Kier alpha value is -1.08. The topological polar surface area (TPSA) is 49.3 Å². The van der Waals surface area contributed by atoms with E-state index in [-0.39, 0.29) is 19.5 Å². The standard InChI is InChI=1S/C11H11BrF3NO2/c12-9-4-7(6-16-2-1-10(17)18)3-8(5-9)11(13,14)15/h3-5,16H,1-2,6H2,(H,17,18). The van der Waals surface area contributed by atoms with Gasteiger partial charge in [0.1, 0.15) is 0 Å². The maximum absolute atomic E-state index is 12.5. The highest BCUT2D eigenvalue weighted by Crippen LogP contribution is 2.31. The monoisotopic (exact) mass is 325 g/mol. The van der Waals surface area contributed by atoms with Gasteiger partial charge in [0, 0.05) is 17.6 Å². The molecule has 0 aliphatic carbocycles. The van der Waals surface area contributed by atoms with Crippen LogP contribution in [0.25, 0.3) is 0 Å². The molecule has 0 aliphatic heterocycles. The maximum atomic E-state index is 12.5. The zero-order valence-electron chi connectivity index (χ0n) is 9.22. The fourth-order valence-electron chi connectivity index (χ4n) is 1.34. The number of carbonyl (C=O) groups is 1. The highest BCUT2D eigenvalue weighted by Gasteiger charge is 2.30. The van der Waals surface area contributed by atoms with Crippen LogP contribution >= 0.6 is 15.9 Å². The molecule has 3 nitrogen and oxygen atoms in total. The Bertz CT molecular complexity index is 435. The zero-order valence-corrected chi connectivity index (χ0v) is 10.8. The molecule has 0 fully saturated rings. The highest BCUT2D eigenvalue weighted by molar-refractivity contribution is 9.10. The molecule has 0 aliphatic rings. The van der Waals surface area contributed by atoms with E-state index in [2.05, 4.69) is 21.2 Å². The van der Waals surface area contributed by atoms with E-state index >= 15 is 0 Å². The van der Waals surface area contributed by atoms with Gasteiger partial charge in [0.05, 0.1) is 12.0 Å². The second kappa shape index (κ2) is 6.19. The van der Waals surface area contributed by atoms with Crippen LogP contribution in [0.15, 0.2) is 22.7 Å². The van der Waals surface area contributed by atoms with Gasteiger partial charge in [0.15, 0.2) is 0 Å². The summed E-state index contributed by atoms with van der Waals surface area (Å²) in [5.74, 6) is -0.951. The van der Waals surface area contributed by atoms with E-state index in [0.29, 0.717) is 10.0 Å². The summed E-state index contributed by atoms with van der Waals surface area (Å²) in [5, 5.41) is 11.2. The average molecular weight is 326 g/mol. The molecule has 0 bridgehead atoms. The minimum Gasteiger partial charge on any atom is -0.481 e. The van der Waals surface area contributed by atoms with Gasteiger partial charge in [0.25, 0.3) is 0 Å². The predicted molar refractivity (Wildman–Crippen MR) is 63.1 cm³/mol. The lowest BCUT2D eigenvalue weighted by atomic mass is 10.1. The summed E-state index contributed by atoms with van der Waals surface area (Å²) in [4.78, 5) is 10.3. The minimum absolute atomic E-state index is 0.0693. The fraction of sp³-hybridized carbons (Fsp3) is 0.364. The first-order valence-corrected chi connectivity index (χ1v) is 5.87. The molecule has 0 spiro atoms. The Morgan fingerprint density at radius 3 is 2.56 bits per heavy atom. The van der Waals surface area contributed by atoms with Crippen molar-refractivity contribution in [3.8, 4) is 0 Å². The van der Waals surface area contributed by atoms with E-state index in [1.54, 1.807) is 6.07 Å². The van der Waals surface area contributed by atoms with Crippen LogP contribution in [0.4, 0.5) is 13.2 Å². The van der Waals surface area contributed by atoms with Crippen molar-refractivity contribution < 1.29 is 23.1 Å². The summed E-state index contributed by atoms with van der Waals surface area (Å²) in [6.45, 7) is 0.402. The van der Waals surface area contributed by atoms with Crippen molar-refractivity contribution in [2.24, 2.45) is 0 Å². The zero-order chi connectivity index (χ0) is 13.8. The number of hydrogen-bond acceptors (Lipinski definition) is 2. The van der Waals surface area contributed by atoms with Crippen LogP contribution in [0, 0.1) is 0 Å². The smallest absolute Gasteiger partial charge is 0.416 e. The Kier molecular flexibility index (Phi) is 5.15. The van der Waals surface area contributed by atoms with Crippen LogP contribution in [-0.4, -0.2) is 17.6 Å². The first-order chi connectivity index (χ1) is 8.29. The first-order valence-electron chi connectivity index (χ1n) is 5.08. The van der Waals surface area contributed by atoms with Gasteiger partial charge in [-0.2, -0.15) is 13.2 Å². The number of carboxylic acid groups (broad SMARTS) is 1. The van der Waals surface area contributed by atoms with Gasteiger partial charge in [-0.05, 0) is 23.8 Å². The van der Waals surface area contributed by atoms with E-state index in [0.717, 1.165) is 12.1 Å². The van der Waals surface area contributed by atoms with E-state index in [4.69, 9.17) is 5.11 Å². The molecule has 0 unspecified atom stereocenters. The maximum Gasteiger partial charge on any atom is 0.416 e. The molecule has 0 aromatic heterocycles. The van der Waals surface area contributed by atoms with Crippen LogP contribution in [-0.2, 0) is 17.5 Å². The van der Waals surface area contributed by atoms with Crippen molar-refractivity contribution in [2.45, 2.75) is 19.1 Å². The first kappa shape index (κ1) is 15.0. The number of rotatable bonds is 5. The molecule has 0 atom stereocenters. The lowest BCUT2D eigenvalue weighted by Gasteiger charge is -2.10. The third-order valence-electron chi connectivity index (χ3n) is 2.13. The number of hydrogen-bond donors (Lipinski definition) is 2. The van der Waals surface area contributed by atoms with Crippen LogP contribution in [0.1, 0.15) is 17.5 Å². The Morgan fingerprint density at radius 1 is 1.33 bits per heavy atom. The van der Waals surface area contributed by atoms with Crippen molar-refractivity contribution >= 4 is 21.9 Å². The summed E-state index contributed by atoms with van der Waals surface area (Å²) < 4.78 is 37.9. The third kappa shape index (κ3) is 5.05. The lowest BCUT2D eigenvalue weighted by Crippen LogP contribution is -2.18. The molecule has 18 heavy (non-hydrogen) atoms. The highest BCUT2D eigenvalue weighted by atomic mass is 79.9. The Balaban J connectivity index is 2.66. The summed E-state index contributed by atoms with van der Waals surface area (Å²) >= 11 is 3.02. The fourth-order valence-corrected chi connectivity index (χ4v) is 1.88. The van der Waals surface area contributed by atoms with Gasteiger partial charge in [0.2, 0.25) is 0 Å². The molecular formula is C11H11BrF3NO2. The SMILES string of the molecule is O=C(O)CCNCc1cc(Br)cc(C(F)(F)F)c1. The minimum atomic E-state index is -4.39. The van der Waals surface area contributed by atoms with Gasteiger partial charge in [-0.25, -0.2) is 0 Å². The number of benzene rings is 1. The molecule has 7 heteroatoms. The second-order valence-electron chi connectivity index (χ2n) is 3.67. The molecular weight excluding hydrogens is 315 g/mol. The molecule has 2 N–H and O–H groups in total. The van der Waals surface area contributed by atoms with Crippen molar-refractivity contribution in [1.29, 1.82) is 0 Å². The molecule has 1 aromatic rings. The third-order valence-corrected chi connectivity index (χ3v) is 2.59. The van der Waals surface area contributed by atoms with Gasteiger partial charge in [-0.1, -0.05) is 15.9 Å².